The summed E-state index contributed by atoms with van der Waals surface area (Å²) >= 11 is 0. The summed E-state index contributed by atoms with van der Waals surface area (Å²) in [7, 11) is 0. The normalized spacial score (nSPS) is 15.4. The second kappa shape index (κ2) is 41.7. The summed E-state index contributed by atoms with van der Waals surface area (Å²) < 4.78 is 0. The second-order valence-electron chi connectivity index (χ2n) is 22.5. The molecule has 2 aromatic carbocycles. The fourth-order valence-electron chi connectivity index (χ4n) is 9.48. The van der Waals surface area contributed by atoms with Gasteiger partial charge in [-0.1, -0.05) is 42.5 Å². The minimum absolute atomic E-state index is 0.0483. The molecular weight excluding hydrogens is 1310 g/mol. The van der Waals surface area contributed by atoms with Gasteiger partial charge in [-0.25, -0.2) is 4.79 Å². The number of likely N-dealkylation sites (tertiary alicyclic amines) is 1. The molecular formula is C59H85N17O23. The van der Waals surface area contributed by atoms with E-state index in [4.69, 9.17) is 22.9 Å². The highest BCUT2D eigenvalue weighted by Gasteiger charge is 2.39. The number of hydrogen-bond donors (Lipinski definition) is 22. The second-order valence-corrected chi connectivity index (χ2v) is 22.5. The van der Waals surface area contributed by atoms with Crippen LogP contribution < -0.4 is 81.4 Å². The Bertz CT molecular complexity index is 3230. The number of nitrogens with one attached hydrogen (secondary N) is 11. The number of primary amides is 1. The van der Waals surface area contributed by atoms with Crippen molar-refractivity contribution in [2.45, 2.75) is 144 Å². The number of carboxylic acid groups (broad SMARTS) is 3. The number of carbonyl (C=O) groups is 16. The monoisotopic (exact) mass is 1400 g/mol. The number of nitrogens with zero attached hydrogens (tertiary/aromatic N) is 2. The molecule has 26 N–H and O–H groups in total. The summed E-state index contributed by atoms with van der Waals surface area (Å²) in [5, 5.41) is 93.1. The molecule has 11 atom stereocenters. The third kappa shape index (κ3) is 29.8. The molecule has 1 saturated heterocycles. The summed E-state index contributed by atoms with van der Waals surface area (Å²) in [4.78, 5) is 213. The number of guanidine groups is 1. The van der Waals surface area contributed by atoms with Crippen LogP contribution in [0.4, 0.5) is 0 Å². The van der Waals surface area contributed by atoms with Gasteiger partial charge in [0.2, 0.25) is 76.8 Å². The first-order valence-electron chi connectivity index (χ1n) is 30.7. The van der Waals surface area contributed by atoms with Gasteiger partial charge in [0.15, 0.2) is 5.96 Å². The molecule has 0 radical (unpaired) electrons. The number of nitrogens with two attached hydrogens (primary N) is 4. The van der Waals surface area contributed by atoms with Crippen molar-refractivity contribution in [3.05, 3.63) is 65.7 Å². The molecule has 99 heavy (non-hydrogen) atoms. The predicted octanol–water partition coefficient (Wildman–Crippen LogP) is -10.2. The average Bonchev–Trinajstić information content (AvgIpc) is 1.76. The van der Waals surface area contributed by atoms with Crippen molar-refractivity contribution >= 4 is 101 Å². The first-order chi connectivity index (χ1) is 46.7. The number of aliphatic imine (C=N–C) groups is 1. The molecule has 0 bridgehead atoms. The summed E-state index contributed by atoms with van der Waals surface area (Å²) in [5.74, 6) is -19.2. The number of aliphatic hydroxyl groups excluding tert-OH is 3. The van der Waals surface area contributed by atoms with Crippen molar-refractivity contribution in [3.63, 3.8) is 0 Å². The standard InChI is InChI=1S/C59H85N17O23/c1-29(79)48(75-45(84)25-65-43(82)24-66-50(90)38(23-47(87)88)72-53(93)37(21-30-7-3-2-4-8-30)73-55(95)41-10-6-20-76(41)57(97)33(60)27-77)56(96)71-35(15-17-42(61)81)49(89)67-26-44(83)68-40(28-78)54(94)69-34(9-5-19-64-59(62)63)51(91)70-36(16-18-46(85)86)52(92)74-39(58(98)99)22-31-11-13-32(80)14-12-31/h2-4,7-8,11-14,29,33-41,48,77-80H,5-6,9-10,15-28,60H2,1H3,(H2,61,81)(H,65,82)(H,66,90)(H,67,89)(H,68,83)(H,69,94)(H,70,91)(H,71,96)(H,72,93)(H,73,95)(H,74,92)(H,75,84)(H,85,86)(H,87,88)(H,98,99)(H4,62,63,64)/t29-,33+,34+,35+,36+,37+,38+,39+,40+,41+,48+/m1/s1. The quantitative estimate of drug-likeness (QED) is 0.0167. The predicted molar refractivity (Wildman–Crippen MR) is 340 cm³/mol. The van der Waals surface area contributed by atoms with Gasteiger partial charge in [-0.05, 0) is 68.7 Å². The number of carbonyl (C=O) groups excluding carboxylic acids is 13. The molecule has 1 heterocycles. The van der Waals surface area contributed by atoms with E-state index in [1.165, 1.54) is 24.3 Å². The lowest BCUT2D eigenvalue weighted by Crippen LogP contribution is -2.59. The number of aliphatic carboxylic acids is 3. The highest BCUT2D eigenvalue weighted by Crippen LogP contribution is 2.20. The lowest BCUT2D eigenvalue weighted by Gasteiger charge is -2.28. The topological polar surface area (TPSA) is 667 Å². The maximum Gasteiger partial charge on any atom is 0.326 e. The van der Waals surface area contributed by atoms with Gasteiger partial charge in [0.25, 0.3) is 0 Å². The van der Waals surface area contributed by atoms with E-state index in [0.717, 1.165) is 11.8 Å². The Morgan fingerprint density at radius 1 is 0.545 bits per heavy atom. The number of aliphatic hydroxyl groups is 3. The van der Waals surface area contributed by atoms with Crippen LogP contribution >= 0.6 is 0 Å². The first-order valence-corrected chi connectivity index (χ1v) is 30.7. The Balaban J connectivity index is 1.66. The van der Waals surface area contributed by atoms with Crippen LogP contribution in [0.15, 0.2) is 59.6 Å². The van der Waals surface area contributed by atoms with Gasteiger partial charge >= 0.3 is 17.9 Å². The van der Waals surface area contributed by atoms with E-state index in [2.05, 4.69) is 63.5 Å². The Morgan fingerprint density at radius 3 is 1.62 bits per heavy atom. The Labute approximate surface area is 564 Å². The van der Waals surface area contributed by atoms with Crippen molar-refractivity contribution < 1.29 is 112 Å². The Morgan fingerprint density at radius 2 is 1.05 bits per heavy atom. The number of phenols is 1. The van der Waals surface area contributed by atoms with Crippen LogP contribution in [0, 0.1) is 0 Å². The van der Waals surface area contributed by atoms with Crippen LogP contribution in [-0.2, 0) is 89.6 Å². The molecule has 1 aliphatic heterocycles. The third-order valence-corrected chi connectivity index (χ3v) is 14.6. The van der Waals surface area contributed by atoms with Crippen molar-refractivity contribution in [1.29, 1.82) is 0 Å². The van der Waals surface area contributed by atoms with Gasteiger partial charge in [0.1, 0.15) is 66.2 Å². The average molecular weight is 1400 g/mol. The number of phenolic OH excluding ortho intramolecular Hbond substituents is 1. The third-order valence-electron chi connectivity index (χ3n) is 14.6. The van der Waals surface area contributed by atoms with Gasteiger partial charge in [0.05, 0.1) is 45.4 Å². The van der Waals surface area contributed by atoms with E-state index in [1.807, 2.05) is 0 Å². The van der Waals surface area contributed by atoms with Crippen LogP contribution in [0.1, 0.15) is 75.8 Å². The summed E-state index contributed by atoms with van der Waals surface area (Å²) in [6.07, 6.45) is -5.54. The number of rotatable bonds is 43. The molecule has 0 saturated carbocycles. The highest BCUT2D eigenvalue weighted by atomic mass is 16.4. The molecule has 544 valence electrons. The van der Waals surface area contributed by atoms with E-state index in [0.29, 0.717) is 17.5 Å². The summed E-state index contributed by atoms with van der Waals surface area (Å²) in [5.41, 5.74) is 22.7. The fraction of sp³-hybridized carbons (Fsp3) is 0.508. The highest BCUT2D eigenvalue weighted by molar-refractivity contribution is 5.99. The van der Waals surface area contributed by atoms with Crippen LogP contribution in [0.5, 0.6) is 5.75 Å². The van der Waals surface area contributed by atoms with E-state index in [1.54, 1.807) is 30.3 Å². The number of benzene rings is 2. The molecule has 0 unspecified atom stereocenters. The van der Waals surface area contributed by atoms with Gasteiger partial charge in [-0.3, -0.25) is 76.9 Å². The largest absolute Gasteiger partial charge is 0.508 e. The molecule has 1 fully saturated rings. The number of amides is 13. The van der Waals surface area contributed by atoms with E-state index in [9.17, 15) is 112 Å². The van der Waals surface area contributed by atoms with Crippen molar-refractivity contribution in [1.82, 2.24) is 63.4 Å². The van der Waals surface area contributed by atoms with Crippen LogP contribution in [0.3, 0.4) is 0 Å². The van der Waals surface area contributed by atoms with E-state index >= 15 is 0 Å². The van der Waals surface area contributed by atoms with Gasteiger partial charge in [0, 0.05) is 38.8 Å². The maximum absolute atomic E-state index is 13.8. The first kappa shape index (κ1) is 82.1. The van der Waals surface area contributed by atoms with Crippen molar-refractivity contribution in [2.24, 2.45) is 27.9 Å². The Kier molecular flexibility index (Phi) is 34.6. The van der Waals surface area contributed by atoms with Gasteiger partial charge < -0.3 is 122 Å². The lowest BCUT2D eigenvalue weighted by atomic mass is 10.0. The lowest BCUT2D eigenvalue weighted by molar-refractivity contribution is -0.143. The fourth-order valence-corrected chi connectivity index (χ4v) is 9.48. The smallest absolute Gasteiger partial charge is 0.326 e. The Hall–Kier alpha value is -11.1. The van der Waals surface area contributed by atoms with Crippen molar-refractivity contribution in [2.75, 3.05) is 45.9 Å². The SMILES string of the molecule is C[C@@H](O)[C@H](NC(=O)CNC(=O)CNC(=O)[C@H](CC(=O)O)NC(=O)[C@H](Cc1ccccc1)NC(=O)[C@@H]1CCCN1C(=O)[C@@H](N)CO)C(=O)N[C@@H](CCC(N)=O)C(=O)NCC(=O)N[C@@H](CO)C(=O)N[C@@H](CCCN=C(N)N)C(=O)N[C@@H](CCC(=O)O)C(=O)N[C@@H](Cc1ccc(O)cc1)C(=O)O. The molecule has 0 aromatic heterocycles. The number of aromatic hydroxyl groups is 1. The molecule has 1 aliphatic rings. The molecule has 2 aromatic rings. The molecule has 0 aliphatic carbocycles. The number of carboxylic acids is 3. The van der Waals surface area contributed by atoms with Gasteiger partial charge in [-0.15, -0.1) is 0 Å². The van der Waals surface area contributed by atoms with Crippen LogP contribution in [0.25, 0.3) is 0 Å². The maximum atomic E-state index is 13.8. The minimum Gasteiger partial charge on any atom is -0.508 e. The zero-order valence-corrected chi connectivity index (χ0v) is 53.6. The molecule has 3 rings (SSSR count). The summed E-state index contributed by atoms with van der Waals surface area (Å²) in [6.45, 7) is -3.74. The molecule has 0 spiro atoms. The van der Waals surface area contributed by atoms with E-state index < -0.39 is 226 Å². The number of hydrogen-bond acceptors (Lipinski definition) is 22. The molecule has 13 amide bonds. The zero-order chi connectivity index (χ0) is 74.1. The van der Waals surface area contributed by atoms with Gasteiger partial charge in [-0.2, -0.15) is 0 Å². The molecule has 40 heteroatoms. The van der Waals surface area contributed by atoms with Crippen LogP contribution in [-0.4, -0.2) is 254 Å². The molecule has 40 nitrogen and oxygen atoms in total. The zero-order valence-electron chi connectivity index (χ0n) is 53.6. The van der Waals surface area contributed by atoms with Crippen molar-refractivity contribution in [3.8, 4) is 5.75 Å². The summed E-state index contributed by atoms with van der Waals surface area (Å²) in [6, 6.07) is -2.84. The minimum atomic E-state index is -1.91. The van der Waals surface area contributed by atoms with Crippen LogP contribution in [0.2, 0.25) is 0 Å². The van der Waals surface area contributed by atoms with E-state index in [-0.39, 0.29) is 56.9 Å².